The molecule has 0 saturated heterocycles. The summed E-state index contributed by atoms with van der Waals surface area (Å²) in [5, 5.41) is 11.0. The standard InChI is InChI=1S/C16H11BrFN7O/c17-12-13(22-25-7-1-6-19-14(12)25)15(26)21-16-20-9-24(23-16)8-10-2-4-11(18)5-3-10/h1-7,9H,8H2,(H,21,23,26). The van der Waals surface area contributed by atoms with Crippen LogP contribution in [0.2, 0.25) is 0 Å². The monoisotopic (exact) mass is 415 g/mol. The van der Waals surface area contributed by atoms with Gasteiger partial charge in [-0.1, -0.05) is 12.1 Å². The number of halogens is 2. The van der Waals surface area contributed by atoms with E-state index in [2.05, 4.69) is 41.4 Å². The Labute approximate surface area is 154 Å². The van der Waals surface area contributed by atoms with Crippen LogP contribution in [0.5, 0.6) is 0 Å². The van der Waals surface area contributed by atoms with Crippen molar-refractivity contribution in [3.8, 4) is 0 Å². The maximum absolute atomic E-state index is 12.9. The number of amides is 1. The van der Waals surface area contributed by atoms with Crippen LogP contribution >= 0.6 is 15.9 Å². The first-order valence-electron chi connectivity index (χ1n) is 7.54. The summed E-state index contributed by atoms with van der Waals surface area (Å²) in [5.41, 5.74) is 1.58. The zero-order chi connectivity index (χ0) is 18.1. The predicted molar refractivity (Wildman–Crippen MR) is 94.2 cm³/mol. The molecule has 0 spiro atoms. The molecule has 130 valence electrons. The second kappa shape index (κ2) is 6.64. The molecule has 10 heteroatoms. The molecule has 0 radical (unpaired) electrons. The maximum Gasteiger partial charge on any atom is 0.279 e. The molecule has 0 aliphatic rings. The molecular weight excluding hydrogens is 405 g/mol. The molecule has 0 aliphatic heterocycles. The van der Waals surface area contributed by atoms with Gasteiger partial charge in [-0.25, -0.2) is 23.6 Å². The van der Waals surface area contributed by atoms with Crippen LogP contribution in [0.4, 0.5) is 10.3 Å². The van der Waals surface area contributed by atoms with E-state index in [-0.39, 0.29) is 17.5 Å². The van der Waals surface area contributed by atoms with Crippen LogP contribution in [0.3, 0.4) is 0 Å². The van der Waals surface area contributed by atoms with Crippen LogP contribution in [-0.2, 0) is 6.54 Å². The first-order valence-corrected chi connectivity index (χ1v) is 8.33. The predicted octanol–water partition coefficient (Wildman–Crippen LogP) is 2.52. The lowest BCUT2D eigenvalue weighted by molar-refractivity contribution is 0.102. The Bertz CT molecular complexity index is 1090. The number of nitrogens with zero attached hydrogens (tertiary/aromatic N) is 6. The van der Waals surface area contributed by atoms with E-state index in [9.17, 15) is 9.18 Å². The van der Waals surface area contributed by atoms with Crippen LogP contribution in [0.25, 0.3) is 5.65 Å². The zero-order valence-electron chi connectivity index (χ0n) is 13.2. The molecule has 1 N–H and O–H groups in total. The summed E-state index contributed by atoms with van der Waals surface area (Å²) in [6.07, 6.45) is 4.79. The highest BCUT2D eigenvalue weighted by Crippen LogP contribution is 2.21. The topological polar surface area (TPSA) is 90.0 Å². The molecule has 3 heterocycles. The molecule has 0 aliphatic carbocycles. The van der Waals surface area contributed by atoms with Crippen LogP contribution in [-0.4, -0.2) is 35.3 Å². The number of nitrogens with one attached hydrogen (secondary N) is 1. The Morgan fingerprint density at radius 1 is 1.19 bits per heavy atom. The highest BCUT2D eigenvalue weighted by molar-refractivity contribution is 9.10. The highest BCUT2D eigenvalue weighted by Gasteiger charge is 2.19. The van der Waals surface area contributed by atoms with Crippen LogP contribution in [0, 0.1) is 5.82 Å². The molecule has 0 saturated carbocycles. The fourth-order valence-electron chi connectivity index (χ4n) is 2.37. The lowest BCUT2D eigenvalue weighted by Crippen LogP contribution is -2.14. The van der Waals surface area contributed by atoms with Gasteiger partial charge < -0.3 is 0 Å². The normalized spacial score (nSPS) is 11.0. The van der Waals surface area contributed by atoms with Crippen molar-refractivity contribution in [2.45, 2.75) is 6.54 Å². The SMILES string of the molecule is O=C(Nc1ncn(Cc2ccc(F)cc2)n1)c1nn2cccnc2c1Br. The number of carbonyl (C=O) groups excluding carboxylic acids is 1. The van der Waals surface area contributed by atoms with Crippen LogP contribution < -0.4 is 5.32 Å². The number of hydrogen-bond donors (Lipinski definition) is 1. The van der Waals surface area contributed by atoms with Gasteiger partial charge in [0.05, 0.1) is 11.0 Å². The van der Waals surface area contributed by atoms with E-state index in [4.69, 9.17) is 0 Å². The van der Waals surface area contributed by atoms with Crippen molar-refractivity contribution in [2.75, 3.05) is 5.32 Å². The summed E-state index contributed by atoms with van der Waals surface area (Å²) >= 11 is 3.34. The molecule has 0 fully saturated rings. The molecule has 0 unspecified atom stereocenters. The van der Waals surface area contributed by atoms with Crippen LogP contribution in [0.15, 0.2) is 53.5 Å². The van der Waals surface area contributed by atoms with Gasteiger partial charge in [0.25, 0.3) is 5.91 Å². The number of rotatable bonds is 4. The lowest BCUT2D eigenvalue weighted by atomic mass is 10.2. The van der Waals surface area contributed by atoms with Crippen LogP contribution in [0.1, 0.15) is 16.1 Å². The quantitative estimate of drug-likeness (QED) is 0.552. The third-order valence-electron chi connectivity index (χ3n) is 3.57. The van der Waals surface area contributed by atoms with Crippen molar-refractivity contribution in [1.29, 1.82) is 0 Å². The molecule has 1 aromatic carbocycles. The molecular formula is C16H11BrFN7O. The minimum atomic E-state index is -0.457. The van der Waals surface area contributed by atoms with Crippen molar-refractivity contribution in [2.24, 2.45) is 0 Å². The number of aromatic nitrogens is 6. The van der Waals surface area contributed by atoms with Gasteiger partial charge in [0.15, 0.2) is 11.3 Å². The van der Waals surface area contributed by atoms with Crippen molar-refractivity contribution < 1.29 is 9.18 Å². The Kier molecular flexibility index (Phi) is 4.17. The second-order valence-corrected chi connectivity index (χ2v) is 6.19. The minimum Gasteiger partial charge on any atom is -0.288 e. The third-order valence-corrected chi connectivity index (χ3v) is 4.30. The van der Waals surface area contributed by atoms with Crippen molar-refractivity contribution in [3.63, 3.8) is 0 Å². The first-order chi connectivity index (χ1) is 12.6. The molecule has 1 amide bonds. The minimum absolute atomic E-state index is 0.147. The Morgan fingerprint density at radius 3 is 2.77 bits per heavy atom. The molecule has 8 nitrogen and oxygen atoms in total. The molecule has 4 rings (SSSR count). The summed E-state index contributed by atoms with van der Waals surface area (Å²) in [7, 11) is 0. The molecule has 4 aromatic rings. The fraction of sp³-hybridized carbons (Fsp3) is 0.0625. The van der Waals surface area contributed by atoms with Gasteiger partial charge in [0, 0.05) is 12.4 Å². The summed E-state index contributed by atoms with van der Waals surface area (Å²) in [4.78, 5) is 20.7. The van der Waals surface area contributed by atoms with E-state index in [1.807, 2.05) is 0 Å². The van der Waals surface area contributed by atoms with E-state index in [0.29, 0.717) is 16.7 Å². The summed E-state index contributed by atoms with van der Waals surface area (Å²) in [6, 6.07) is 7.80. The number of hydrogen-bond acceptors (Lipinski definition) is 5. The molecule has 0 bridgehead atoms. The van der Waals surface area contributed by atoms with Gasteiger partial charge in [-0.15, -0.1) is 5.10 Å². The second-order valence-electron chi connectivity index (χ2n) is 5.40. The van der Waals surface area contributed by atoms with E-state index >= 15 is 0 Å². The molecule has 0 atom stereocenters. The van der Waals surface area contributed by atoms with Crippen molar-refractivity contribution in [3.05, 3.63) is 70.6 Å². The van der Waals surface area contributed by atoms with Gasteiger partial charge in [-0.3, -0.25) is 10.1 Å². The van der Waals surface area contributed by atoms with Gasteiger partial charge in [0.2, 0.25) is 5.95 Å². The smallest absolute Gasteiger partial charge is 0.279 e. The van der Waals surface area contributed by atoms with E-state index < -0.39 is 5.91 Å². The largest absolute Gasteiger partial charge is 0.288 e. The zero-order valence-corrected chi connectivity index (χ0v) is 14.8. The van der Waals surface area contributed by atoms with Crippen molar-refractivity contribution >= 4 is 33.4 Å². The van der Waals surface area contributed by atoms with Gasteiger partial charge in [-0.2, -0.15) is 5.10 Å². The Hall–Kier alpha value is -3.14. The Balaban J connectivity index is 1.50. The fourth-order valence-corrected chi connectivity index (χ4v) is 2.91. The molecule has 26 heavy (non-hydrogen) atoms. The van der Waals surface area contributed by atoms with Crippen molar-refractivity contribution in [1.82, 2.24) is 29.4 Å². The number of fused-ring (bicyclic) bond motifs is 1. The summed E-state index contributed by atoms with van der Waals surface area (Å²) in [6.45, 7) is 0.408. The number of anilines is 1. The summed E-state index contributed by atoms with van der Waals surface area (Å²) in [5.74, 6) is -0.608. The first kappa shape index (κ1) is 16.3. The highest BCUT2D eigenvalue weighted by atomic mass is 79.9. The van der Waals surface area contributed by atoms with E-state index in [1.54, 1.807) is 35.3 Å². The third kappa shape index (κ3) is 3.18. The number of carbonyl (C=O) groups is 1. The van der Waals surface area contributed by atoms with Gasteiger partial charge in [-0.05, 0) is 39.7 Å². The Morgan fingerprint density at radius 2 is 2.00 bits per heavy atom. The van der Waals surface area contributed by atoms with Gasteiger partial charge in [0.1, 0.15) is 12.1 Å². The number of benzene rings is 1. The van der Waals surface area contributed by atoms with E-state index in [1.165, 1.54) is 23.0 Å². The van der Waals surface area contributed by atoms with E-state index in [0.717, 1.165) is 5.56 Å². The molecule has 3 aromatic heterocycles. The average Bonchev–Trinajstić information content (AvgIpc) is 3.22. The maximum atomic E-state index is 12.9. The summed E-state index contributed by atoms with van der Waals surface area (Å²) < 4.78 is 16.5. The average molecular weight is 416 g/mol. The van der Waals surface area contributed by atoms with Gasteiger partial charge >= 0.3 is 0 Å². The lowest BCUT2D eigenvalue weighted by Gasteiger charge is -2.01.